The van der Waals surface area contributed by atoms with Crippen LogP contribution in [0.4, 0.5) is 0 Å². The standard InChI is InChI=1S/C20H21NO4/c1-12(2)18(22)16-17(15-9-5-4-7-13(15)3)21(20(24)19(16)23)11-14-8-6-10-25-14/h4-10,12,17,23H,11H2,1-3H3. The van der Waals surface area contributed by atoms with Crippen LogP contribution in [0.2, 0.25) is 0 Å². The third-order valence-electron chi connectivity index (χ3n) is 4.48. The van der Waals surface area contributed by atoms with Crippen LogP contribution in [-0.4, -0.2) is 21.7 Å². The molecule has 130 valence electrons. The van der Waals surface area contributed by atoms with Crippen LogP contribution in [0.1, 0.15) is 36.8 Å². The summed E-state index contributed by atoms with van der Waals surface area (Å²) in [7, 11) is 0. The van der Waals surface area contributed by atoms with E-state index in [2.05, 4.69) is 0 Å². The van der Waals surface area contributed by atoms with Gasteiger partial charge in [0.15, 0.2) is 11.5 Å². The highest BCUT2D eigenvalue weighted by molar-refractivity contribution is 6.09. The normalized spacial score (nSPS) is 17.7. The Morgan fingerprint density at radius 3 is 2.56 bits per heavy atom. The van der Waals surface area contributed by atoms with Gasteiger partial charge in [0, 0.05) is 5.92 Å². The van der Waals surface area contributed by atoms with Crippen molar-refractivity contribution in [2.24, 2.45) is 5.92 Å². The SMILES string of the molecule is Cc1ccccc1C1C(C(=O)C(C)C)=C(O)C(=O)N1Cc1ccco1. The number of aliphatic hydroxyl groups excluding tert-OH is 1. The molecular formula is C20H21NO4. The van der Waals surface area contributed by atoms with E-state index in [1.165, 1.54) is 11.2 Å². The molecule has 0 bridgehead atoms. The summed E-state index contributed by atoms with van der Waals surface area (Å²) >= 11 is 0. The fourth-order valence-electron chi connectivity index (χ4n) is 3.17. The van der Waals surface area contributed by atoms with Gasteiger partial charge in [0.2, 0.25) is 0 Å². The number of carbonyl (C=O) groups excluding carboxylic acids is 2. The van der Waals surface area contributed by atoms with E-state index in [0.717, 1.165) is 11.1 Å². The molecule has 1 unspecified atom stereocenters. The predicted molar refractivity (Wildman–Crippen MR) is 92.7 cm³/mol. The molecule has 3 rings (SSSR count). The molecule has 25 heavy (non-hydrogen) atoms. The van der Waals surface area contributed by atoms with Crippen molar-refractivity contribution in [2.45, 2.75) is 33.4 Å². The summed E-state index contributed by atoms with van der Waals surface area (Å²) in [4.78, 5) is 26.9. The minimum absolute atomic E-state index is 0.167. The lowest BCUT2D eigenvalue weighted by Gasteiger charge is -2.27. The van der Waals surface area contributed by atoms with Crippen molar-refractivity contribution in [3.05, 3.63) is 70.9 Å². The largest absolute Gasteiger partial charge is 0.503 e. The molecule has 0 saturated carbocycles. The Hall–Kier alpha value is -2.82. The van der Waals surface area contributed by atoms with E-state index < -0.39 is 17.7 Å². The molecular weight excluding hydrogens is 318 g/mol. The third-order valence-corrected chi connectivity index (χ3v) is 4.48. The average molecular weight is 339 g/mol. The molecule has 1 aromatic heterocycles. The molecule has 1 aliphatic rings. The lowest BCUT2D eigenvalue weighted by Crippen LogP contribution is -2.31. The highest BCUT2D eigenvalue weighted by Crippen LogP contribution is 2.40. The van der Waals surface area contributed by atoms with Crippen LogP contribution in [0, 0.1) is 12.8 Å². The maximum Gasteiger partial charge on any atom is 0.290 e. The summed E-state index contributed by atoms with van der Waals surface area (Å²) in [6, 6.07) is 10.5. The van der Waals surface area contributed by atoms with Gasteiger partial charge >= 0.3 is 0 Å². The second-order valence-corrected chi connectivity index (χ2v) is 6.55. The number of amides is 1. The van der Waals surface area contributed by atoms with Crippen LogP contribution in [0.15, 0.2) is 58.4 Å². The highest BCUT2D eigenvalue weighted by atomic mass is 16.3. The smallest absolute Gasteiger partial charge is 0.290 e. The van der Waals surface area contributed by atoms with Gasteiger partial charge in [-0.05, 0) is 30.2 Å². The van der Waals surface area contributed by atoms with Gasteiger partial charge in [-0.3, -0.25) is 9.59 Å². The molecule has 1 amide bonds. The lowest BCUT2D eigenvalue weighted by molar-refractivity contribution is -0.130. The van der Waals surface area contributed by atoms with Crippen LogP contribution in [0.25, 0.3) is 0 Å². The molecule has 0 spiro atoms. The Morgan fingerprint density at radius 1 is 1.24 bits per heavy atom. The Morgan fingerprint density at radius 2 is 1.96 bits per heavy atom. The van der Waals surface area contributed by atoms with Gasteiger partial charge in [0.25, 0.3) is 5.91 Å². The molecule has 0 radical (unpaired) electrons. The summed E-state index contributed by atoms with van der Waals surface area (Å²) < 4.78 is 5.36. The van der Waals surface area contributed by atoms with E-state index in [1.807, 2.05) is 31.2 Å². The van der Waals surface area contributed by atoms with E-state index in [0.29, 0.717) is 5.76 Å². The second kappa shape index (κ2) is 6.59. The fourth-order valence-corrected chi connectivity index (χ4v) is 3.17. The number of carbonyl (C=O) groups is 2. The van der Waals surface area contributed by atoms with E-state index >= 15 is 0 Å². The van der Waals surface area contributed by atoms with E-state index in [-0.39, 0.29) is 23.8 Å². The van der Waals surface area contributed by atoms with Crippen molar-refractivity contribution >= 4 is 11.7 Å². The van der Waals surface area contributed by atoms with Gasteiger partial charge in [-0.15, -0.1) is 0 Å². The first-order valence-electron chi connectivity index (χ1n) is 8.28. The van der Waals surface area contributed by atoms with Crippen LogP contribution in [-0.2, 0) is 16.1 Å². The molecule has 1 aromatic carbocycles. The number of rotatable bonds is 5. The Kier molecular flexibility index (Phi) is 4.49. The second-order valence-electron chi connectivity index (χ2n) is 6.55. The zero-order valence-electron chi connectivity index (χ0n) is 14.5. The first-order chi connectivity index (χ1) is 11.9. The number of hydrogen-bond acceptors (Lipinski definition) is 4. The van der Waals surface area contributed by atoms with E-state index in [4.69, 9.17) is 4.42 Å². The van der Waals surface area contributed by atoms with Crippen LogP contribution < -0.4 is 0 Å². The fraction of sp³-hybridized carbons (Fsp3) is 0.300. The number of aryl methyl sites for hydroxylation is 1. The number of nitrogens with zero attached hydrogens (tertiary/aromatic N) is 1. The number of benzene rings is 1. The molecule has 1 atom stereocenters. The molecule has 0 saturated heterocycles. The van der Waals surface area contributed by atoms with Gasteiger partial charge in [0.1, 0.15) is 5.76 Å². The van der Waals surface area contributed by atoms with Crippen LogP contribution in [0.3, 0.4) is 0 Å². The zero-order valence-corrected chi connectivity index (χ0v) is 14.5. The quantitative estimate of drug-likeness (QED) is 0.901. The summed E-state index contributed by atoms with van der Waals surface area (Å²) in [6.45, 7) is 5.63. The number of hydrogen-bond donors (Lipinski definition) is 1. The van der Waals surface area contributed by atoms with Gasteiger partial charge in [-0.1, -0.05) is 38.1 Å². The summed E-state index contributed by atoms with van der Waals surface area (Å²) in [5, 5.41) is 10.4. The maximum atomic E-state index is 12.7. The molecule has 0 aliphatic carbocycles. The number of aliphatic hydroxyl groups is 1. The van der Waals surface area contributed by atoms with Gasteiger partial charge < -0.3 is 14.4 Å². The Balaban J connectivity index is 2.11. The van der Waals surface area contributed by atoms with Crippen LogP contribution in [0.5, 0.6) is 0 Å². The van der Waals surface area contributed by atoms with Gasteiger partial charge in [-0.25, -0.2) is 0 Å². The van der Waals surface area contributed by atoms with Gasteiger partial charge in [-0.2, -0.15) is 0 Å². The topological polar surface area (TPSA) is 70.8 Å². The molecule has 5 nitrogen and oxygen atoms in total. The third kappa shape index (κ3) is 2.97. The van der Waals surface area contributed by atoms with Crippen molar-refractivity contribution < 1.29 is 19.1 Å². The number of Topliss-reactive ketones (excluding diaryl/α,β-unsaturated/α-hetero) is 1. The number of furan rings is 1. The van der Waals surface area contributed by atoms with E-state index in [9.17, 15) is 14.7 Å². The minimum atomic E-state index is -0.617. The molecule has 2 aromatic rings. The van der Waals surface area contributed by atoms with Crippen molar-refractivity contribution in [2.75, 3.05) is 0 Å². The molecule has 0 fully saturated rings. The Labute approximate surface area is 146 Å². The predicted octanol–water partition coefficient (Wildman–Crippen LogP) is 3.71. The van der Waals surface area contributed by atoms with Gasteiger partial charge in [0.05, 0.1) is 24.4 Å². The van der Waals surface area contributed by atoms with Crippen LogP contribution >= 0.6 is 0 Å². The minimum Gasteiger partial charge on any atom is -0.503 e. The molecule has 1 N–H and O–H groups in total. The Bertz CT molecular complexity index is 833. The van der Waals surface area contributed by atoms with E-state index in [1.54, 1.807) is 26.0 Å². The highest BCUT2D eigenvalue weighted by Gasteiger charge is 2.44. The van der Waals surface area contributed by atoms with Crippen molar-refractivity contribution in [1.29, 1.82) is 0 Å². The molecule has 5 heteroatoms. The monoisotopic (exact) mass is 339 g/mol. The zero-order chi connectivity index (χ0) is 18.1. The molecule has 2 heterocycles. The first kappa shape index (κ1) is 17.0. The lowest BCUT2D eigenvalue weighted by atomic mass is 9.89. The summed E-state index contributed by atoms with van der Waals surface area (Å²) in [6.07, 6.45) is 1.53. The molecule has 1 aliphatic heterocycles. The maximum absolute atomic E-state index is 12.7. The van der Waals surface area contributed by atoms with Crippen molar-refractivity contribution in [3.63, 3.8) is 0 Å². The summed E-state index contributed by atoms with van der Waals surface area (Å²) in [5.41, 5.74) is 1.95. The average Bonchev–Trinajstić information content (AvgIpc) is 3.17. The first-order valence-corrected chi connectivity index (χ1v) is 8.28. The number of ketones is 1. The van der Waals surface area contributed by atoms with Crippen molar-refractivity contribution in [1.82, 2.24) is 4.90 Å². The summed E-state index contributed by atoms with van der Waals surface area (Å²) in [5.74, 6) is -0.953. The van der Waals surface area contributed by atoms with Crippen molar-refractivity contribution in [3.8, 4) is 0 Å².